The zero-order valence-corrected chi connectivity index (χ0v) is 18.1. The Labute approximate surface area is 189 Å². The second kappa shape index (κ2) is 10.9. The summed E-state index contributed by atoms with van der Waals surface area (Å²) >= 11 is 4.36. The van der Waals surface area contributed by atoms with E-state index in [2.05, 4.69) is 36.0 Å². The van der Waals surface area contributed by atoms with Crippen LogP contribution in [0.4, 0.5) is 23.2 Å². The van der Waals surface area contributed by atoms with Crippen molar-refractivity contribution in [1.29, 1.82) is 0 Å². The Morgan fingerprint density at radius 2 is 1.56 bits per heavy atom. The summed E-state index contributed by atoms with van der Waals surface area (Å²) < 4.78 is 57.0. The number of benzene rings is 3. The Morgan fingerprint density at radius 3 is 2.19 bits per heavy atom. The van der Waals surface area contributed by atoms with E-state index in [1.54, 1.807) is 6.07 Å². The van der Waals surface area contributed by atoms with E-state index < -0.39 is 29.0 Å². The van der Waals surface area contributed by atoms with Gasteiger partial charge in [0.1, 0.15) is 17.3 Å². The lowest BCUT2D eigenvalue weighted by Crippen LogP contribution is -1.91. The zero-order valence-electron chi connectivity index (χ0n) is 17.3. The maximum Gasteiger partial charge on any atom is 0.153 e. The maximum absolute atomic E-state index is 14.6. The molecular weight excluding hydrogens is 434 g/mol. The fourth-order valence-corrected chi connectivity index (χ4v) is 3.33. The van der Waals surface area contributed by atoms with E-state index in [0.717, 1.165) is 49.4 Å². The van der Waals surface area contributed by atoms with Crippen LogP contribution in [0.5, 0.6) is 0 Å². The van der Waals surface area contributed by atoms with Crippen LogP contribution >= 0.6 is 12.2 Å². The molecule has 0 saturated heterocycles. The van der Waals surface area contributed by atoms with Gasteiger partial charge in [-0.1, -0.05) is 43.7 Å². The molecule has 0 atom stereocenters. The number of hydrogen-bond acceptors (Lipinski definition) is 2. The van der Waals surface area contributed by atoms with Crippen molar-refractivity contribution >= 4 is 23.1 Å². The largest absolute Gasteiger partial charge is 0.206 e. The first-order valence-corrected chi connectivity index (χ1v) is 10.5. The van der Waals surface area contributed by atoms with Crippen LogP contribution in [0.15, 0.2) is 53.5 Å². The maximum atomic E-state index is 14.6. The van der Waals surface area contributed by atoms with Gasteiger partial charge in [-0.3, -0.25) is 0 Å². The summed E-state index contributed by atoms with van der Waals surface area (Å²) in [4.78, 5) is 3.33. The van der Waals surface area contributed by atoms with E-state index in [-0.39, 0.29) is 16.7 Å². The van der Waals surface area contributed by atoms with Crippen molar-refractivity contribution in [2.75, 3.05) is 0 Å². The van der Waals surface area contributed by atoms with Crippen molar-refractivity contribution in [2.24, 2.45) is 4.99 Å². The van der Waals surface area contributed by atoms with E-state index in [9.17, 15) is 17.6 Å². The van der Waals surface area contributed by atoms with Crippen molar-refractivity contribution in [3.05, 3.63) is 88.5 Å². The highest BCUT2D eigenvalue weighted by molar-refractivity contribution is 7.78. The highest BCUT2D eigenvalue weighted by Crippen LogP contribution is 2.30. The molecule has 3 aromatic carbocycles. The molecule has 3 rings (SSSR count). The van der Waals surface area contributed by atoms with Gasteiger partial charge in [-0.15, -0.1) is 0 Å². The van der Waals surface area contributed by atoms with Gasteiger partial charge in [0.15, 0.2) is 11.6 Å². The van der Waals surface area contributed by atoms with Crippen LogP contribution in [0.1, 0.15) is 42.9 Å². The third-order valence-corrected chi connectivity index (χ3v) is 4.99. The molecular formula is C26H19F4NS. The summed E-state index contributed by atoms with van der Waals surface area (Å²) in [5, 5.41) is 1.90. The Hall–Kier alpha value is -3.26. The molecule has 0 spiro atoms. The van der Waals surface area contributed by atoms with Crippen LogP contribution < -0.4 is 0 Å². The fraction of sp³-hybridized carbons (Fsp3) is 0.192. The van der Waals surface area contributed by atoms with Crippen LogP contribution in [0, 0.1) is 35.1 Å². The summed E-state index contributed by atoms with van der Waals surface area (Å²) in [6.07, 6.45) is 4.00. The summed E-state index contributed by atoms with van der Waals surface area (Å²) in [7, 11) is 0. The monoisotopic (exact) mass is 453 g/mol. The number of halogens is 4. The summed E-state index contributed by atoms with van der Waals surface area (Å²) in [5.41, 5.74) is 0.857. The van der Waals surface area contributed by atoms with E-state index >= 15 is 0 Å². The lowest BCUT2D eigenvalue weighted by Gasteiger charge is -2.06. The highest BCUT2D eigenvalue weighted by atomic mass is 32.1. The van der Waals surface area contributed by atoms with Crippen LogP contribution in [0.2, 0.25) is 0 Å². The summed E-state index contributed by atoms with van der Waals surface area (Å²) in [6.45, 7) is 2.11. The Kier molecular flexibility index (Phi) is 7.94. The molecule has 0 amide bonds. The number of nitrogens with zero attached hydrogens (tertiary/aromatic N) is 1. The second-order valence-electron chi connectivity index (χ2n) is 7.21. The average Bonchev–Trinajstić information content (AvgIpc) is 2.76. The third kappa shape index (κ3) is 5.70. The van der Waals surface area contributed by atoms with Crippen LogP contribution in [0.3, 0.4) is 0 Å². The van der Waals surface area contributed by atoms with Gasteiger partial charge in [0.05, 0.1) is 10.7 Å². The molecule has 0 heterocycles. The van der Waals surface area contributed by atoms with Crippen LogP contribution in [0.25, 0.3) is 11.1 Å². The molecule has 0 aliphatic heterocycles. The smallest absolute Gasteiger partial charge is 0.153 e. The topological polar surface area (TPSA) is 12.4 Å². The molecule has 32 heavy (non-hydrogen) atoms. The lowest BCUT2D eigenvalue weighted by atomic mass is 10.0. The first kappa shape index (κ1) is 23.4. The predicted octanol–water partition coefficient (Wildman–Crippen LogP) is 7.78. The van der Waals surface area contributed by atoms with E-state index in [0.29, 0.717) is 5.56 Å². The summed E-state index contributed by atoms with van der Waals surface area (Å²) in [6, 6.07) is 10.9. The normalized spacial score (nSPS) is 10.3. The Balaban J connectivity index is 1.83. The number of thiocarbonyl (C=S) groups is 1. The molecule has 0 saturated carbocycles. The first-order chi connectivity index (χ1) is 15.4. The first-order valence-electron chi connectivity index (χ1n) is 10.1. The Morgan fingerprint density at radius 1 is 0.812 bits per heavy atom. The zero-order chi connectivity index (χ0) is 23.1. The molecule has 1 nitrogen and oxygen atoms in total. The van der Waals surface area contributed by atoms with E-state index in [1.165, 1.54) is 18.2 Å². The molecule has 3 aromatic rings. The minimum atomic E-state index is -0.978. The van der Waals surface area contributed by atoms with Gasteiger partial charge in [0, 0.05) is 11.1 Å². The quantitative estimate of drug-likeness (QED) is 0.122. The number of aryl methyl sites for hydroxylation is 1. The predicted molar refractivity (Wildman–Crippen MR) is 122 cm³/mol. The Bertz CT molecular complexity index is 1230. The second-order valence-corrected chi connectivity index (χ2v) is 7.39. The number of unbranched alkanes of at least 4 members (excludes halogenated alkanes) is 2. The molecule has 162 valence electrons. The molecule has 0 N–H and O–H groups in total. The van der Waals surface area contributed by atoms with E-state index in [4.69, 9.17) is 0 Å². The lowest BCUT2D eigenvalue weighted by molar-refractivity contribution is 0.588. The summed E-state index contributed by atoms with van der Waals surface area (Å²) in [5.74, 6) is 2.35. The van der Waals surface area contributed by atoms with Crippen molar-refractivity contribution in [1.82, 2.24) is 0 Å². The van der Waals surface area contributed by atoms with Crippen LogP contribution in [-0.4, -0.2) is 5.16 Å². The van der Waals surface area contributed by atoms with Crippen molar-refractivity contribution in [3.63, 3.8) is 0 Å². The molecule has 0 aliphatic carbocycles. The van der Waals surface area contributed by atoms with Gasteiger partial charge < -0.3 is 0 Å². The number of rotatable bonds is 6. The SMILES string of the molecule is CCCCCc1ccc(C#Cc2ccc(-c3cc(F)c(N=C=S)c(F)c3)c(F)c2)c(F)c1. The molecule has 0 bridgehead atoms. The van der Waals surface area contributed by atoms with Gasteiger partial charge in [-0.2, -0.15) is 4.99 Å². The van der Waals surface area contributed by atoms with Gasteiger partial charge >= 0.3 is 0 Å². The molecule has 0 unspecified atom stereocenters. The van der Waals surface area contributed by atoms with Crippen molar-refractivity contribution < 1.29 is 17.6 Å². The fourth-order valence-electron chi connectivity index (χ4n) is 3.23. The molecule has 0 aliphatic rings. The van der Waals surface area contributed by atoms with Gasteiger partial charge in [-0.25, -0.2) is 17.6 Å². The standard InChI is InChI=1S/C26H19F4NS/c1-2-3-4-5-17-6-9-19(22(27)12-17)10-7-18-8-11-21(23(28)13-18)20-14-24(29)26(31-16-32)25(30)15-20/h6,8-9,11-15H,2-5H2,1H3. The number of isothiocyanates is 1. The van der Waals surface area contributed by atoms with E-state index in [1.807, 2.05) is 11.2 Å². The minimum absolute atomic E-state index is 0.00466. The van der Waals surface area contributed by atoms with Gasteiger partial charge in [-0.05, 0) is 72.6 Å². The average molecular weight is 454 g/mol. The van der Waals surface area contributed by atoms with Crippen LogP contribution in [-0.2, 0) is 6.42 Å². The highest BCUT2D eigenvalue weighted by Gasteiger charge is 2.14. The molecule has 0 aromatic heterocycles. The van der Waals surface area contributed by atoms with Gasteiger partial charge in [0.2, 0.25) is 0 Å². The number of hydrogen-bond donors (Lipinski definition) is 0. The van der Waals surface area contributed by atoms with Gasteiger partial charge in [0.25, 0.3) is 0 Å². The third-order valence-electron chi connectivity index (χ3n) is 4.90. The molecule has 0 radical (unpaired) electrons. The minimum Gasteiger partial charge on any atom is -0.206 e. The molecule has 6 heteroatoms. The molecule has 0 fully saturated rings. The number of aliphatic imine (C=N–C) groups is 1. The van der Waals surface area contributed by atoms with Crippen molar-refractivity contribution in [3.8, 4) is 23.0 Å². The van der Waals surface area contributed by atoms with Crippen molar-refractivity contribution in [2.45, 2.75) is 32.6 Å².